The van der Waals surface area contributed by atoms with Crippen molar-refractivity contribution in [3.05, 3.63) is 60.2 Å². The summed E-state index contributed by atoms with van der Waals surface area (Å²) in [7, 11) is 0. The van der Waals surface area contributed by atoms with Gasteiger partial charge >= 0.3 is 0 Å². The van der Waals surface area contributed by atoms with Gasteiger partial charge in [-0.05, 0) is 16.7 Å². The first kappa shape index (κ1) is 13.1. The third-order valence-electron chi connectivity index (χ3n) is 5.38. The van der Waals surface area contributed by atoms with Crippen molar-refractivity contribution in [2.75, 3.05) is 19.6 Å². The number of benzene rings is 2. The zero-order valence-electron chi connectivity index (χ0n) is 12.3. The van der Waals surface area contributed by atoms with Crippen molar-refractivity contribution in [3.63, 3.8) is 0 Å². The van der Waals surface area contributed by atoms with Crippen LogP contribution >= 0.6 is 0 Å². The van der Waals surface area contributed by atoms with Crippen LogP contribution in [0.4, 0.5) is 0 Å². The minimum absolute atomic E-state index is 0.442. The largest absolute Gasteiger partial charge is 0.379 e. The van der Waals surface area contributed by atoms with E-state index >= 15 is 0 Å². The van der Waals surface area contributed by atoms with Crippen molar-refractivity contribution in [1.82, 2.24) is 0 Å². The molecule has 21 heavy (non-hydrogen) atoms. The van der Waals surface area contributed by atoms with Crippen LogP contribution in [0.5, 0.6) is 0 Å². The summed E-state index contributed by atoms with van der Waals surface area (Å²) in [6.45, 7) is 3.34. The summed E-state index contributed by atoms with van der Waals surface area (Å²) in [6, 6.07) is 19.0. The minimum atomic E-state index is -0.610. The molecule has 0 radical (unpaired) electrons. The molecule has 5 rings (SSSR count). The predicted octanol–water partition coefficient (Wildman–Crippen LogP) is 1.85. The van der Waals surface area contributed by atoms with Gasteiger partial charge in [0.05, 0.1) is 13.1 Å². The van der Waals surface area contributed by atoms with E-state index in [2.05, 4.69) is 48.5 Å². The highest BCUT2D eigenvalue weighted by atomic mass is 16.3. The highest BCUT2D eigenvalue weighted by Crippen LogP contribution is 2.37. The van der Waals surface area contributed by atoms with E-state index < -0.39 is 5.60 Å². The third kappa shape index (κ3) is 2.19. The zero-order chi connectivity index (χ0) is 14.3. The molecular formula is C19H22NO+. The van der Waals surface area contributed by atoms with Crippen molar-refractivity contribution in [1.29, 1.82) is 0 Å². The van der Waals surface area contributed by atoms with Gasteiger partial charge in [-0.2, -0.15) is 0 Å². The van der Waals surface area contributed by atoms with E-state index in [1.165, 1.54) is 24.2 Å². The Kier molecular flexibility index (Phi) is 3.09. The van der Waals surface area contributed by atoms with E-state index in [0.29, 0.717) is 5.92 Å². The molecule has 0 aliphatic carbocycles. The molecule has 0 aromatic heterocycles. The summed E-state index contributed by atoms with van der Waals surface area (Å²) in [6.07, 6.45) is 2.32. The second kappa shape index (κ2) is 4.97. The Morgan fingerprint density at radius 2 is 1.48 bits per heavy atom. The standard InChI is InChI=1S/C19H21NO/c21-19(14-20-12-10-18(19)11-13-20)17-8-6-16(7-9-17)15-4-2-1-3-5-15/h1-9,18,21H,10-14H2/p+1. The normalized spacial score (nSPS) is 31.3. The smallest absolute Gasteiger partial charge is 0.141 e. The summed E-state index contributed by atoms with van der Waals surface area (Å²) in [5, 5.41) is 11.2. The molecular weight excluding hydrogens is 258 g/mol. The highest BCUT2D eigenvalue weighted by Gasteiger charge is 2.49. The maximum absolute atomic E-state index is 11.2. The third-order valence-corrected chi connectivity index (χ3v) is 5.38. The van der Waals surface area contributed by atoms with Crippen molar-refractivity contribution in [3.8, 4) is 11.1 Å². The Hall–Kier alpha value is -1.64. The van der Waals surface area contributed by atoms with Crippen LogP contribution in [-0.2, 0) is 5.60 Å². The van der Waals surface area contributed by atoms with Crippen LogP contribution in [0, 0.1) is 5.92 Å². The Balaban J connectivity index is 1.65. The molecule has 3 heterocycles. The monoisotopic (exact) mass is 280 g/mol. The molecule has 108 valence electrons. The molecule has 3 saturated heterocycles. The van der Waals surface area contributed by atoms with Gasteiger partial charge in [0, 0.05) is 18.8 Å². The number of rotatable bonds is 2. The van der Waals surface area contributed by atoms with Gasteiger partial charge in [-0.25, -0.2) is 0 Å². The fourth-order valence-corrected chi connectivity index (χ4v) is 4.13. The topological polar surface area (TPSA) is 24.7 Å². The molecule has 2 heteroatoms. The Bertz CT molecular complexity index is 614. The lowest BCUT2D eigenvalue weighted by molar-refractivity contribution is -0.927. The lowest BCUT2D eigenvalue weighted by atomic mass is 9.71. The van der Waals surface area contributed by atoms with Crippen molar-refractivity contribution < 1.29 is 10.0 Å². The molecule has 2 aromatic carbocycles. The lowest BCUT2D eigenvalue weighted by Gasteiger charge is -2.47. The molecule has 3 fully saturated rings. The zero-order valence-corrected chi connectivity index (χ0v) is 12.3. The summed E-state index contributed by atoms with van der Waals surface area (Å²) in [4.78, 5) is 1.56. The first-order valence-corrected chi connectivity index (χ1v) is 7.98. The van der Waals surface area contributed by atoms with Crippen molar-refractivity contribution in [2.24, 2.45) is 5.92 Å². The molecule has 3 aliphatic heterocycles. The molecule has 2 nitrogen and oxygen atoms in total. The average Bonchev–Trinajstić information content (AvgIpc) is 2.57. The first-order valence-electron chi connectivity index (χ1n) is 7.98. The average molecular weight is 280 g/mol. The Labute approximate surface area is 126 Å². The minimum Gasteiger partial charge on any atom is -0.379 e. The number of piperidine rings is 3. The number of nitrogens with one attached hydrogen (secondary N) is 1. The number of quaternary nitrogens is 1. The fraction of sp³-hybridized carbons (Fsp3) is 0.368. The van der Waals surface area contributed by atoms with Gasteiger partial charge < -0.3 is 10.0 Å². The molecule has 0 amide bonds. The van der Waals surface area contributed by atoms with Crippen LogP contribution in [0.15, 0.2) is 54.6 Å². The summed E-state index contributed by atoms with van der Waals surface area (Å²) >= 11 is 0. The van der Waals surface area contributed by atoms with Gasteiger partial charge in [-0.15, -0.1) is 0 Å². The van der Waals surface area contributed by atoms with Gasteiger partial charge in [0.15, 0.2) is 0 Å². The van der Waals surface area contributed by atoms with Crippen LogP contribution in [0.2, 0.25) is 0 Å². The van der Waals surface area contributed by atoms with E-state index in [1.807, 2.05) is 6.07 Å². The predicted molar refractivity (Wildman–Crippen MR) is 84.1 cm³/mol. The maximum atomic E-state index is 11.2. The van der Waals surface area contributed by atoms with Crippen LogP contribution in [-0.4, -0.2) is 24.7 Å². The molecule has 2 N–H and O–H groups in total. The van der Waals surface area contributed by atoms with E-state index in [-0.39, 0.29) is 0 Å². The number of hydrogen-bond acceptors (Lipinski definition) is 1. The van der Waals surface area contributed by atoms with Gasteiger partial charge in [-0.3, -0.25) is 0 Å². The van der Waals surface area contributed by atoms with Gasteiger partial charge in [0.2, 0.25) is 0 Å². The molecule has 1 unspecified atom stereocenters. The van der Waals surface area contributed by atoms with E-state index in [0.717, 1.165) is 24.9 Å². The Morgan fingerprint density at radius 1 is 0.857 bits per heavy atom. The maximum Gasteiger partial charge on any atom is 0.141 e. The van der Waals surface area contributed by atoms with Gasteiger partial charge in [0.25, 0.3) is 0 Å². The van der Waals surface area contributed by atoms with Crippen molar-refractivity contribution in [2.45, 2.75) is 18.4 Å². The fourth-order valence-electron chi connectivity index (χ4n) is 4.13. The molecule has 2 bridgehead atoms. The first-order chi connectivity index (χ1) is 10.3. The number of aliphatic hydroxyl groups is 1. The van der Waals surface area contributed by atoms with E-state index in [1.54, 1.807) is 4.90 Å². The van der Waals surface area contributed by atoms with Crippen LogP contribution in [0.3, 0.4) is 0 Å². The number of hydrogen-bond donors (Lipinski definition) is 2. The van der Waals surface area contributed by atoms with Gasteiger partial charge in [0.1, 0.15) is 12.1 Å². The van der Waals surface area contributed by atoms with Crippen LogP contribution in [0.1, 0.15) is 18.4 Å². The Morgan fingerprint density at radius 3 is 2.05 bits per heavy atom. The SMILES string of the molecule is OC1(c2ccc(-c3ccccc3)cc2)C[NH+]2CCC1CC2. The summed E-state index contributed by atoms with van der Waals surface area (Å²) < 4.78 is 0. The van der Waals surface area contributed by atoms with Gasteiger partial charge in [-0.1, -0.05) is 54.6 Å². The second-order valence-electron chi connectivity index (χ2n) is 6.57. The molecule has 0 saturated carbocycles. The molecule has 3 aliphatic rings. The summed E-state index contributed by atoms with van der Waals surface area (Å²) in [5.41, 5.74) is 2.94. The lowest BCUT2D eigenvalue weighted by Crippen LogP contribution is -3.17. The van der Waals surface area contributed by atoms with Crippen molar-refractivity contribution >= 4 is 0 Å². The quantitative estimate of drug-likeness (QED) is 0.862. The van der Waals surface area contributed by atoms with Crippen LogP contribution < -0.4 is 4.90 Å². The molecule has 2 aromatic rings. The van der Waals surface area contributed by atoms with Crippen LogP contribution in [0.25, 0.3) is 11.1 Å². The van der Waals surface area contributed by atoms with E-state index in [9.17, 15) is 5.11 Å². The second-order valence-corrected chi connectivity index (χ2v) is 6.57. The number of fused-ring (bicyclic) bond motifs is 3. The summed E-state index contributed by atoms with van der Waals surface area (Å²) in [5.74, 6) is 0.442. The highest BCUT2D eigenvalue weighted by molar-refractivity contribution is 5.63. The molecule has 0 spiro atoms. The molecule has 1 atom stereocenters. The van der Waals surface area contributed by atoms with E-state index in [4.69, 9.17) is 0 Å².